The van der Waals surface area contributed by atoms with Gasteiger partial charge < -0.3 is 15.8 Å². The van der Waals surface area contributed by atoms with E-state index in [0.717, 1.165) is 11.3 Å². The lowest BCUT2D eigenvalue weighted by atomic mass is 9.94. The summed E-state index contributed by atoms with van der Waals surface area (Å²) in [5.41, 5.74) is 7.85. The molecule has 3 N–H and O–H groups in total. The van der Waals surface area contributed by atoms with Gasteiger partial charge >= 0.3 is 0 Å². The normalized spacial score (nSPS) is 12.7. The molecule has 4 nitrogen and oxygen atoms in total. The van der Waals surface area contributed by atoms with Gasteiger partial charge in [0, 0.05) is 17.8 Å². The summed E-state index contributed by atoms with van der Waals surface area (Å²) in [5, 5.41) is 2.89. The van der Waals surface area contributed by atoms with Crippen molar-refractivity contribution in [1.82, 2.24) is 0 Å². The molecule has 0 aliphatic carbocycles. The van der Waals surface area contributed by atoms with Gasteiger partial charge in [-0.05, 0) is 24.6 Å². The number of ether oxygens (including phenoxy) is 1. The van der Waals surface area contributed by atoms with E-state index < -0.39 is 0 Å². The van der Waals surface area contributed by atoms with Gasteiger partial charge in [0.2, 0.25) is 5.91 Å². The summed E-state index contributed by atoms with van der Waals surface area (Å²) in [4.78, 5) is 12.4. The quantitative estimate of drug-likeness (QED) is 0.845. The van der Waals surface area contributed by atoms with Gasteiger partial charge in [0.1, 0.15) is 5.75 Å². The van der Waals surface area contributed by atoms with Crippen LogP contribution in [0.25, 0.3) is 0 Å². The van der Waals surface area contributed by atoms with Gasteiger partial charge in [-0.1, -0.05) is 43.3 Å². The van der Waals surface area contributed by atoms with Crippen LogP contribution in [0.2, 0.25) is 0 Å². The highest BCUT2D eigenvalue weighted by Crippen LogP contribution is 2.22. The van der Waals surface area contributed by atoms with Crippen molar-refractivity contribution in [3.05, 3.63) is 60.2 Å². The number of hydrogen-bond acceptors (Lipinski definition) is 3. The average Bonchev–Trinajstić information content (AvgIpc) is 2.55. The highest BCUT2D eigenvalue weighted by molar-refractivity contribution is 5.93. The molecule has 2 atom stereocenters. The Morgan fingerprint density at radius 1 is 1.17 bits per heavy atom. The maximum absolute atomic E-state index is 12.4. The third-order valence-electron chi connectivity index (χ3n) is 3.55. The molecule has 0 radical (unpaired) electrons. The topological polar surface area (TPSA) is 64.3 Å². The van der Waals surface area contributed by atoms with E-state index in [0.29, 0.717) is 12.3 Å². The van der Waals surface area contributed by atoms with E-state index in [4.69, 9.17) is 10.5 Å². The lowest BCUT2D eigenvalue weighted by Crippen LogP contribution is -2.30. The first-order valence-electron chi connectivity index (χ1n) is 7.46. The van der Waals surface area contributed by atoms with E-state index in [1.54, 1.807) is 0 Å². The molecular formula is C18H23ClN2O2. The van der Waals surface area contributed by atoms with Crippen molar-refractivity contribution in [3.63, 3.8) is 0 Å². The number of rotatable bonds is 6. The summed E-state index contributed by atoms with van der Waals surface area (Å²) in [7, 11) is 0. The third kappa shape index (κ3) is 5.27. The maximum Gasteiger partial charge on any atom is 0.229 e. The van der Waals surface area contributed by atoms with Crippen LogP contribution in [0.3, 0.4) is 0 Å². The summed E-state index contributed by atoms with van der Waals surface area (Å²) in [6.45, 7) is 4.35. The predicted octanol–water partition coefficient (Wildman–Crippen LogP) is 3.78. The smallest absolute Gasteiger partial charge is 0.229 e. The minimum atomic E-state index is -0.337. The van der Waals surface area contributed by atoms with E-state index in [1.807, 2.05) is 68.4 Å². The molecule has 0 aliphatic heterocycles. The summed E-state index contributed by atoms with van der Waals surface area (Å²) >= 11 is 0. The zero-order valence-electron chi connectivity index (χ0n) is 13.4. The molecule has 124 valence electrons. The van der Waals surface area contributed by atoms with Crippen molar-refractivity contribution in [2.24, 2.45) is 11.7 Å². The second kappa shape index (κ2) is 9.18. The van der Waals surface area contributed by atoms with Crippen LogP contribution in [-0.2, 0) is 4.79 Å². The molecule has 5 heteroatoms. The fraction of sp³-hybridized carbons (Fsp3) is 0.278. The fourth-order valence-electron chi connectivity index (χ4n) is 2.21. The second-order valence-electron chi connectivity index (χ2n) is 5.18. The van der Waals surface area contributed by atoms with Crippen LogP contribution in [0.1, 0.15) is 25.5 Å². The Bertz CT molecular complexity index is 619. The Kier molecular flexibility index (Phi) is 7.59. The van der Waals surface area contributed by atoms with E-state index in [-0.39, 0.29) is 30.3 Å². The molecule has 0 heterocycles. The summed E-state index contributed by atoms with van der Waals surface area (Å²) in [5.74, 6) is 0.295. The van der Waals surface area contributed by atoms with Crippen molar-refractivity contribution in [3.8, 4) is 5.75 Å². The number of benzene rings is 2. The standard InChI is InChI=1S/C18H22N2O2.ClH/c1-3-22-16-11-7-10-15(12-16)20-18(21)13(2)17(19)14-8-5-4-6-9-14;/h4-13,17H,3,19H2,1-2H3,(H,20,21);1H. The van der Waals surface area contributed by atoms with Crippen LogP contribution in [0.4, 0.5) is 5.69 Å². The van der Waals surface area contributed by atoms with Gasteiger partial charge in [-0.3, -0.25) is 4.79 Å². The Hall–Kier alpha value is -2.04. The summed E-state index contributed by atoms with van der Waals surface area (Å²) in [6, 6.07) is 16.7. The molecule has 2 aromatic rings. The molecule has 2 rings (SSSR count). The molecule has 2 aromatic carbocycles. The molecule has 0 saturated carbocycles. The summed E-state index contributed by atoms with van der Waals surface area (Å²) in [6.07, 6.45) is 0. The molecular weight excluding hydrogens is 312 g/mol. The Morgan fingerprint density at radius 2 is 1.87 bits per heavy atom. The second-order valence-corrected chi connectivity index (χ2v) is 5.18. The number of nitrogens with two attached hydrogens (primary N) is 1. The van der Waals surface area contributed by atoms with Gasteiger partial charge in [-0.25, -0.2) is 0 Å². The van der Waals surface area contributed by atoms with E-state index >= 15 is 0 Å². The van der Waals surface area contributed by atoms with Crippen LogP contribution in [-0.4, -0.2) is 12.5 Å². The molecule has 2 unspecified atom stereocenters. The first kappa shape index (κ1) is 19.0. The molecule has 0 spiro atoms. The van der Waals surface area contributed by atoms with Crippen LogP contribution < -0.4 is 15.8 Å². The number of nitrogens with one attached hydrogen (secondary N) is 1. The predicted molar refractivity (Wildman–Crippen MR) is 96.0 cm³/mol. The van der Waals surface area contributed by atoms with Crippen molar-refractivity contribution in [2.45, 2.75) is 19.9 Å². The highest BCUT2D eigenvalue weighted by atomic mass is 35.5. The number of carbonyl (C=O) groups is 1. The maximum atomic E-state index is 12.4. The van der Waals surface area contributed by atoms with Crippen LogP contribution in [0, 0.1) is 5.92 Å². The van der Waals surface area contributed by atoms with Gasteiger partial charge in [0.15, 0.2) is 0 Å². The molecule has 0 bridgehead atoms. The first-order valence-corrected chi connectivity index (χ1v) is 7.46. The number of anilines is 1. The zero-order valence-corrected chi connectivity index (χ0v) is 14.2. The largest absolute Gasteiger partial charge is 0.494 e. The van der Waals surface area contributed by atoms with Crippen molar-refractivity contribution in [2.75, 3.05) is 11.9 Å². The minimum absolute atomic E-state index is 0. The Morgan fingerprint density at radius 3 is 2.52 bits per heavy atom. The third-order valence-corrected chi connectivity index (χ3v) is 3.55. The molecule has 1 amide bonds. The monoisotopic (exact) mass is 334 g/mol. The molecule has 0 aromatic heterocycles. The van der Waals surface area contributed by atoms with Crippen LogP contribution in [0.5, 0.6) is 5.75 Å². The zero-order chi connectivity index (χ0) is 15.9. The van der Waals surface area contributed by atoms with Crippen molar-refractivity contribution < 1.29 is 9.53 Å². The molecule has 0 fully saturated rings. The molecule has 23 heavy (non-hydrogen) atoms. The Balaban J connectivity index is 0.00000264. The summed E-state index contributed by atoms with van der Waals surface area (Å²) < 4.78 is 5.43. The van der Waals surface area contributed by atoms with Crippen molar-refractivity contribution in [1.29, 1.82) is 0 Å². The first-order chi connectivity index (χ1) is 10.6. The fourth-order valence-corrected chi connectivity index (χ4v) is 2.21. The SMILES string of the molecule is CCOc1cccc(NC(=O)C(C)C(N)c2ccccc2)c1.Cl. The number of amides is 1. The minimum Gasteiger partial charge on any atom is -0.494 e. The number of halogens is 1. The molecule has 0 saturated heterocycles. The lowest BCUT2D eigenvalue weighted by molar-refractivity contribution is -0.120. The van der Waals surface area contributed by atoms with Gasteiger partial charge in [-0.2, -0.15) is 0 Å². The van der Waals surface area contributed by atoms with E-state index in [2.05, 4.69) is 5.32 Å². The number of carbonyl (C=O) groups excluding carboxylic acids is 1. The van der Waals surface area contributed by atoms with Gasteiger partial charge in [-0.15, -0.1) is 12.4 Å². The van der Waals surface area contributed by atoms with Crippen LogP contribution >= 0.6 is 12.4 Å². The molecule has 0 aliphatic rings. The van der Waals surface area contributed by atoms with E-state index in [9.17, 15) is 4.79 Å². The van der Waals surface area contributed by atoms with E-state index in [1.165, 1.54) is 0 Å². The van der Waals surface area contributed by atoms with Crippen molar-refractivity contribution >= 4 is 24.0 Å². The van der Waals surface area contributed by atoms with Gasteiger partial charge in [0.05, 0.1) is 12.5 Å². The Labute approximate surface area is 143 Å². The number of hydrogen-bond donors (Lipinski definition) is 2. The van der Waals surface area contributed by atoms with Crippen LogP contribution in [0.15, 0.2) is 54.6 Å². The average molecular weight is 335 g/mol. The lowest BCUT2D eigenvalue weighted by Gasteiger charge is -2.20. The van der Waals surface area contributed by atoms with Gasteiger partial charge in [0.25, 0.3) is 0 Å². The highest BCUT2D eigenvalue weighted by Gasteiger charge is 2.22.